The lowest BCUT2D eigenvalue weighted by Gasteiger charge is -2.27. The van der Waals surface area contributed by atoms with Crippen molar-refractivity contribution in [1.29, 1.82) is 0 Å². The SMILES string of the molecule is CCCCOc1cc(N(CCC)CCC)ccc1C1(O)C(=O)c2ccccc2C1=O. The van der Waals surface area contributed by atoms with E-state index in [1.54, 1.807) is 30.3 Å². The van der Waals surface area contributed by atoms with Crippen molar-refractivity contribution in [2.75, 3.05) is 24.6 Å². The summed E-state index contributed by atoms with van der Waals surface area (Å²) in [4.78, 5) is 28.5. The molecule has 2 aromatic rings. The Bertz CT molecular complexity index is 880. The molecule has 0 fully saturated rings. The molecule has 0 saturated heterocycles. The Labute approximate surface area is 178 Å². The molecule has 0 radical (unpaired) electrons. The van der Waals surface area contributed by atoms with Crippen LogP contribution < -0.4 is 9.64 Å². The third-order valence-electron chi connectivity index (χ3n) is 5.54. The molecule has 5 nitrogen and oxygen atoms in total. The number of carbonyl (C=O) groups excluding carboxylic acids is 2. The van der Waals surface area contributed by atoms with Crippen molar-refractivity contribution in [3.8, 4) is 5.75 Å². The second-order valence-electron chi connectivity index (χ2n) is 7.78. The van der Waals surface area contributed by atoms with Crippen LogP contribution >= 0.6 is 0 Å². The van der Waals surface area contributed by atoms with Crippen molar-refractivity contribution in [1.82, 2.24) is 0 Å². The monoisotopic (exact) mass is 409 g/mol. The van der Waals surface area contributed by atoms with Crippen LogP contribution in [0, 0.1) is 0 Å². The summed E-state index contributed by atoms with van der Waals surface area (Å²) >= 11 is 0. The Morgan fingerprint density at radius 1 is 0.900 bits per heavy atom. The van der Waals surface area contributed by atoms with Crippen LogP contribution in [0.1, 0.15) is 72.7 Å². The first-order valence-electron chi connectivity index (χ1n) is 10.9. The van der Waals surface area contributed by atoms with Gasteiger partial charge in [0.2, 0.25) is 17.2 Å². The number of fused-ring (bicyclic) bond motifs is 1. The standard InChI is InChI=1S/C25H31NO4/c1-4-7-16-30-22-17-18(26(14-5-2)15-6-3)12-13-21(22)25(29)23(27)19-10-8-9-11-20(19)24(25)28/h8-13,17,29H,4-7,14-16H2,1-3H3. The maximum absolute atomic E-state index is 13.1. The van der Waals surface area contributed by atoms with Crippen molar-refractivity contribution in [2.24, 2.45) is 0 Å². The Morgan fingerprint density at radius 2 is 1.50 bits per heavy atom. The van der Waals surface area contributed by atoms with E-state index in [2.05, 4.69) is 25.7 Å². The molecule has 1 aliphatic rings. The van der Waals surface area contributed by atoms with E-state index in [4.69, 9.17) is 4.74 Å². The van der Waals surface area contributed by atoms with Crippen LogP contribution in [0.4, 0.5) is 5.69 Å². The summed E-state index contributed by atoms with van der Waals surface area (Å²) in [7, 11) is 0. The first-order chi connectivity index (χ1) is 14.5. The van der Waals surface area contributed by atoms with Gasteiger partial charge >= 0.3 is 0 Å². The molecule has 5 heteroatoms. The fourth-order valence-electron chi connectivity index (χ4n) is 3.98. The predicted molar refractivity (Wildman–Crippen MR) is 119 cm³/mol. The van der Waals surface area contributed by atoms with E-state index in [0.29, 0.717) is 12.4 Å². The van der Waals surface area contributed by atoms with Crippen molar-refractivity contribution in [3.05, 3.63) is 59.2 Å². The maximum Gasteiger partial charge on any atom is 0.220 e. The molecular formula is C25H31NO4. The Kier molecular flexibility index (Phi) is 6.93. The zero-order valence-electron chi connectivity index (χ0n) is 18.1. The summed E-state index contributed by atoms with van der Waals surface area (Å²) in [5, 5.41) is 11.4. The number of ether oxygens (including phenoxy) is 1. The molecule has 0 aromatic heterocycles. The molecular weight excluding hydrogens is 378 g/mol. The number of rotatable bonds is 10. The fourth-order valence-corrected chi connectivity index (χ4v) is 3.98. The molecule has 3 rings (SSSR count). The summed E-state index contributed by atoms with van der Waals surface area (Å²) < 4.78 is 6.01. The zero-order chi connectivity index (χ0) is 21.7. The van der Waals surface area contributed by atoms with E-state index in [0.717, 1.165) is 44.5 Å². The zero-order valence-corrected chi connectivity index (χ0v) is 18.1. The molecule has 1 aliphatic carbocycles. The van der Waals surface area contributed by atoms with Crippen LogP contribution in [0.15, 0.2) is 42.5 Å². The number of hydrogen-bond acceptors (Lipinski definition) is 5. The number of unbranched alkanes of at least 4 members (excludes halogenated alkanes) is 1. The highest BCUT2D eigenvalue weighted by molar-refractivity contribution is 6.32. The summed E-state index contributed by atoms with van der Waals surface area (Å²) in [6, 6.07) is 12.0. The third-order valence-corrected chi connectivity index (χ3v) is 5.54. The molecule has 0 heterocycles. The molecule has 0 amide bonds. The van der Waals surface area contributed by atoms with E-state index in [1.165, 1.54) is 0 Å². The molecule has 0 atom stereocenters. The van der Waals surface area contributed by atoms with Crippen molar-refractivity contribution >= 4 is 17.3 Å². The van der Waals surface area contributed by atoms with Crippen LogP contribution in [0.25, 0.3) is 0 Å². The Hall–Kier alpha value is -2.66. The van der Waals surface area contributed by atoms with Gasteiger partial charge in [-0.15, -0.1) is 0 Å². The van der Waals surface area contributed by atoms with Gasteiger partial charge in [-0.25, -0.2) is 0 Å². The first kappa shape index (κ1) is 22.0. The van der Waals surface area contributed by atoms with Crippen LogP contribution in [0.2, 0.25) is 0 Å². The number of benzene rings is 2. The number of hydrogen-bond donors (Lipinski definition) is 1. The van der Waals surface area contributed by atoms with Gasteiger partial charge in [0.1, 0.15) is 5.75 Å². The third kappa shape index (κ3) is 3.86. The van der Waals surface area contributed by atoms with Gasteiger partial charge in [-0.05, 0) is 31.4 Å². The number of nitrogens with zero attached hydrogens (tertiary/aromatic N) is 1. The maximum atomic E-state index is 13.1. The largest absolute Gasteiger partial charge is 0.493 e. The van der Waals surface area contributed by atoms with Crippen LogP contribution in [0.5, 0.6) is 5.75 Å². The fraction of sp³-hybridized carbons (Fsp3) is 0.440. The average molecular weight is 410 g/mol. The van der Waals surface area contributed by atoms with E-state index >= 15 is 0 Å². The molecule has 0 saturated carbocycles. The minimum absolute atomic E-state index is 0.224. The molecule has 160 valence electrons. The number of carbonyl (C=O) groups is 2. The Morgan fingerprint density at radius 3 is 2.03 bits per heavy atom. The molecule has 30 heavy (non-hydrogen) atoms. The van der Waals surface area contributed by atoms with Gasteiger partial charge in [-0.1, -0.05) is 51.5 Å². The highest BCUT2D eigenvalue weighted by Gasteiger charge is 2.54. The lowest BCUT2D eigenvalue weighted by molar-refractivity contribution is 0.0310. The summed E-state index contributed by atoms with van der Waals surface area (Å²) in [6.45, 7) is 8.58. The summed E-state index contributed by atoms with van der Waals surface area (Å²) in [5.74, 6) is -0.777. The van der Waals surface area contributed by atoms with E-state index in [9.17, 15) is 14.7 Å². The molecule has 0 unspecified atom stereocenters. The van der Waals surface area contributed by atoms with Gasteiger partial charge in [0.15, 0.2) is 0 Å². The highest BCUT2D eigenvalue weighted by atomic mass is 16.5. The number of aliphatic hydroxyl groups is 1. The molecule has 2 aromatic carbocycles. The number of anilines is 1. The van der Waals surface area contributed by atoms with Crippen LogP contribution in [0.3, 0.4) is 0 Å². The van der Waals surface area contributed by atoms with Gasteiger partial charge in [-0.3, -0.25) is 9.59 Å². The van der Waals surface area contributed by atoms with Crippen LogP contribution in [-0.4, -0.2) is 36.4 Å². The van der Waals surface area contributed by atoms with E-state index < -0.39 is 17.2 Å². The van der Waals surface area contributed by atoms with Gasteiger partial charge in [0.05, 0.1) is 6.61 Å². The minimum atomic E-state index is -2.25. The van der Waals surface area contributed by atoms with Crippen molar-refractivity contribution < 1.29 is 19.4 Å². The van der Waals surface area contributed by atoms with Crippen LogP contribution in [-0.2, 0) is 5.60 Å². The topological polar surface area (TPSA) is 66.8 Å². The second kappa shape index (κ2) is 9.43. The van der Waals surface area contributed by atoms with Gasteiger partial charge in [0, 0.05) is 41.5 Å². The first-order valence-corrected chi connectivity index (χ1v) is 10.9. The lowest BCUT2D eigenvalue weighted by atomic mass is 9.87. The van der Waals surface area contributed by atoms with Gasteiger partial charge < -0.3 is 14.7 Å². The Balaban J connectivity index is 2.07. The number of Topliss-reactive ketones (excluding diaryl/α,β-unsaturated/α-hetero) is 2. The van der Waals surface area contributed by atoms with Gasteiger partial charge in [0.25, 0.3) is 0 Å². The summed E-state index contributed by atoms with van der Waals surface area (Å²) in [6.07, 6.45) is 3.81. The normalized spacial score (nSPS) is 14.7. The van der Waals surface area contributed by atoms with Crippen molar-refractivity contribution in [3.63, 3.8) is 0 Å². The van der Waals surface area contributed by atoms with Crippen molar-refractivity contribution in [2.45, 2.75) is 52.1 Å². The number of ketones is 2. The predicted octanol–water partition coefficient (Wildman–Crippen LogP) is 4.76. The second-order valence-corrected chi connectivity index (χ2v) is 7.78. The molecule has 0 spiro atoms. The molecule has 1 N–H and O–H groups in total. The molecule has 0 bridgehead atoms. The summed E-state index contributed by atoms with van der Waals surface area (Å²) in [5.41, 5.74) is -0.543. The quantitative estimate of drug-likeness (QED) is 0.453. The van der Waals surface area contributed by atoms with E-state index in [-0.39, 0.29) is 16.7 Å². The smallest absolute Gasteiger partial charge is 0.220 e. The van der Waals surface area contributed by atoms with Gasteiger partial charge in [-0.2, -0.15) is 0 Å². The molecule has 0 aliphatic heterocycles. The lowest BCUT2D eigenvalue weighted by Crippen LogP contribution is -2.38. The highest BCUT2D eigenvalue weighted by Crippen LogP contribution is 2.42. The average Bonchev–Trinajstić information content (AvgIpc) is 2.96. The van der Waals surface area contributed by atoms with E-state index in [1.807, 2.05) is 12.1 Å². The minimum Gasteiger partial charge on any atom is -0.493 e.